The Balaban J connectivity index is 0.979. The monoisotopic (exact) mass is 746 g/mol. The van der Waals surface area contributed by atoms with Gasteiger partial charge in [-0.15, -0.1) is 11.3 Å². The Kier molecular flexibility index (Phi) is 8.01. The molecule has 2 aromatic heterocycles. The van der Waals surface area contributed by atoms with Gasteiger partial charge >= 0.3 is 0 Å². The lowest BCUT2D eigenvalue weighted by molar-refractivity contribution is 0.669. The first-order valence-corrected chi connectivity index (χ1v) is 20.0. The second-order valence-electron chi connectivity index (χ2n) is 14.4. The van der Waals surface area contributed by atoms with E-state index in [1.54, 1.807) is 11.3 Å². The van der Waals surface area contributed by atoms with Crippen LogP contribution in [0.15, 0.2) is 211 Å². The molecule has 0 fully saturated rings. The number of fused-ring (bicyclic) bond motifs is 6. The minimum absolute atomic E-state index is 0.875. The van der Waals surface area contributed by atoms with Crippen LogP contribution < -0.4 is 4.90 Å². The van der Waals surface area contributed by atoms with Crippen LogP contribution in [0.4, 0.5) is 17.1 Å². The summed E-state index contributed by atoms with van der Waals surface area (Å²) in [5.41, 5.74) is 14.1. The average molecular weight is 747 g/mol. The molecule has 0 aliphatic rings. The lowest BCUT2D eigenvalue weighted by Crippen LogP contribution is -2.10. The van der Waals surface area contributed by atoms with E-state index in [1.807, 2.05) is 6.07 Å². The van der Waals surface area contributed by atoms with E-state index in [1.165, 1.54) is 33.0 Å². The van der Waals surface area contributed by atoms with E-state index < -0.39 is 0 Å². The van der Waals surface area contributed by atoms with E-state index in [-0.39, 0.29) is 0 Å². The van der Waals surface area contributed by atoms with Crippen molar-refractivity contribution in [1.82, 2.24) is 4.98 Å². The fraction of sp³-hybridized carbons (Fsp3) is 0. The molecule has 0 spiro atoms. The average Bonchev–Trinajstić information content (AvgIpc) is 3.89. The van der Waals surface area contributed by atoms with Crippen molar-refractivity contribution in [3.8, 4) is 44.0 Å². The highest BCUT2D eigenvalue weighted by molar-refractivity contribution is 7.22. The van der Waals surface area contributed by atoms with Gasteiger partial charge in [-0.1, -0.05) is 140 Å². The molecule has 2 heterocycles. The second kappa shape index (κ2) is 13.8. The molecule has 0 bridgehead atoms. The zero-order chi connectivity index (χ0) is 37.7. The predicted octanol–water partition coefficient (Wildman–Crippen LogP) is 15.5. The van der Waals surface area contributed by atoms with Gasteiger partial charge in [0.15, 0.2) is 0 Å². The predicted molar refractivity (Wildman–Crippen MR) is 241 cm³/mol. The summed E-state index contributed by atoms with van der Waals surface area (Å²) < 4.78 is 7.65. The third-order valence-electron chi connectivity index (χ3n) is 10.9. The maximum Gasteiger partial charge on any atom is 0.137 e. The minimum atomic E-state index is 0.875. The van der Waals surface area contributed by atoms with E-state index >= 15 is 0 Å². The van der Waals surface area contributed by atoms with Crippen LogP contribution in [-0.2, 0) is 0 Å². The highest BCUT2D eigenvalue weighted by atomic mass is 32.1. The Morgan fingerprint density at radius 3 is 1.84 bits per heavy atom. The van der Waals surface area contributed by atoms with E-state index in [9.17, 15) is 0 Å². The number of hydrogen-bond donors (Lipinski definition) is 0. The largest absolute Gasteiger partial charge is 0.456 e. The first kappa shape index (κ1) is 33.1. The Labute approximate surface area is 334 Å². The number of thiazole rings is 1. The number of nitrogens with zero attached hydrogens (tertiary/aromatic N) is 2. The van der Waals surface area contributed by atoms with Crippen molar-refractivity contribution in [3.63, 3.8) is 0 Å². The Bertz CT molecular complexity index is 3220. The lowest BCUT2D eigenvalue weighted by Gasteiger charge is -2.27. The highest BCUT2D eigenvalue weighted by Gasteiger charge is 2.18. The van der Waals surface area contributed by atoms with Gasteiger partial charge in [0.1, 0.15) is 16.2 Å². The van der Waals surface area contributed by atoms with Gasteiger partial charge in [-0.25, -0.2) is 4.98 Å². The Hall–Kier alpha value is -7.27. The molecule has 0 radical (unpaired) electrons. The normalized spacial score (nSPS) is 11.5. The molecule has 57 heavy (non-hydrogen) atoms. The fourth-order valence-corrected chi connectivity index (χ4v) is 9.22. The first-order valence-electron chi connectivity index (χ1n) is 19.2. The molecule has 0 unspecified atom stereocenters. The molecule has 9 aromatic carbocycles. The van der Waals surface area contributed by atoms with Crippen molar-refractivity contribution < 1.29 is 4.42 Å². The number of aromatic nitrogens is 1. The van der Waals surface area contributed by atoms with Gasteiger partial charge in [-0.2, -0.15) is 0 Å². The van der Waals surface area contributed by atoms with Crippen LogP contribution in [0.1, 0.15) is 0 Å². The molecule has 11 aromatic rings. The summed E-state index contributed by atoms with van der Waals surface area (Å²) in [6, 6.07) is 73.4. The summed E-state index contributed by atoms with van der Waals surface area (Å²) in [5.74, 6) is 0. The molecule has 0 saturated heterocycles. The summed E-state index contributed by atoms with van der Waals surface area (Å²) in [5, 5.41) is 5.73. The zero-order valence-corrected chi connectivity index (χ0v) is 31.7. The molecular formula is C53H34N2OS. The maximum atomic E-state index is 6.50. The van der Waals surface area contributed by atoms with Crippen LogP contribution in [0.2, 0.25) is 0 Å². The molecule has 0 N–H and O–H groups in total. The summed E-state index contributed by atoms with van der Waals surface area (Å²) in [6.45, 7) is 0. The van der Waals surface area contributed by atoms with Crippen LogP contribution in [0.3, 0.4) is 0 Å². The third-order valence-corrected chi connectivity index (χ3v) is 12.0. The van der Waals surface area contributed by atoms with Gasteiger partial charge in [0.05, 0.1) is 10.2 Å². The fourth-order valence-electron chi connectivity index (χ4n) is 8.09. The van der Waals surface area contributed by atoms with Crippen LogP contribution in [-0.4, -0.2) is 4.98 Å². The number of hydrogen-bond acceptors (Lipinski definition) is 4. The number of para-hydroxylation sites is 1. The summed E-state index contributed by atoms with van der Waals surface area (Å²) in [6.07, 6.45) is 0. The van der Waals surface area contributed by atoms with Crippen molar-refractivity contribution in [3.05, 3.63) is 206 Å². The van der Waals surface area contributed by atoms with Gasteiger partial charge in [0.25, 0.3) is 0 Å². The van der Waals surface area contributed by atoms with Crippen LogP contribution in [0.5, 0.6) is 0 Å². The standard InChI is InChI=1S/C53H34N2OS/c1-4-13-37(14-5-1)47-34-44(27-29-45(47)41-21-20-35-12-10-11-17-39(35)32-41)55(42-18-8-3-9-19-42)43-25-22-36(23-26-43)40-24-28-46-50(33-40)56-49-31-30-48-52(51(46)49)57-53(54-48)38-15-6-2-7-16-38/h1-34H. The lowest BCUT2D eigenvalue weighted by atomic mass is 9.92. The van der Waals surface area contributed by atoms with E-state index in [0.717, 1.165) is 70.9 Å². The Morgan fingerprint density at radius 2 is 1.05 bits per heavy atom. The van der Waals surface area contributed by atoms with Crippen molar-refractivity contribution >= 4 is 71.3 Å². The summed E-state index contributed by atoms with van der Waals surface area (Å²) >= 11 is 1.72. The number of benzene rings is 9. The maximum absolute atomic E-state index is 6.50. The van der Waals surface area contributed by atoms with Gasteiger partial charge in [-0.3, -0.25) is 0 Å². The van der Waals surface area contributed by atoms with Gasteiger partial charge in [0, 0.05) is 33.4 Å². The number of rotatable bonds is 7. The molecule has 0 aliphatic carbocycles. The van der Waals surface area contributed by atoms with Crippen molar-refractivity contribution in [2.24, 2.45) is 0 Å². The zero-order valence-electron chi connectivity index (χ0n) is 30.8. The molecular weight excluding hydrogens is 713 g/mol. The number of anilines is 3. The van der Waals surface area contributed by atoms with E-state index in [0.29, 0.717) is 0 Å². The summed E-state index contributed by atoms with van der Waals surface area (Å²) in [4.78, 5) is 7.31. The van der Waals surface area contributed by atoms with Gasteiger partial charge in [-0.05, 0) is 111 Å². The van der Waals surface area contributed by atoms with E-state index in [4.69, 9.17) is 9.40 Å². The van der Waals surface area contributed by atoms with Gasteiger partial charge in [0.2, 0.25) is 0 Å². The van der Waals surface area contributed by atoms with Crippen molar-refractivity contribution in [2.45, 2.75) is 0 Å². The molecule has 0 aliphatic heterocycles. The van der Waals surface area contributed by atoms with Crippen LogP contribution in [0.25, 0.3) is 86.9 Å². The Morgan fingerprint density at radius 1 is 0.404 bits per heavy atom. The van der Waals surface area contributed by atoms with Gasteiger partial charge < -0.3 is 9.32 Å². The molecule has 268 valence electrons. The molecule has 3 nitrogen and oxygen atoms in total. The molecule has 11 rings (SSSR count). The minimum Gasteiger partial charge on any atom is -0.456 e. The second-order valence-corrected chi connectivity index (χ2v) is 15.4. The van der Waals surface area contributed by atoms with Crippen LogP contribution in [0, 0.1) is 0 Å². The SMILES string of the molecule is c1ccc(-c2nc3ccc4oc5cc(-c6ccc(N(c7ccccc7)c7ccc(-c8ccc9ccccc9c8)c(-c8ccccc8)c7)cc6)ccc5c4c3s2)cc1. The smallest absolute Gasteiger partial charge is 0.137 e. The molecule has 0 atom stereocenters. The number of furan rings is 1. The van der Waals surface area contributed by atoms with E-state index in [2.05, 4.69) is 205 Å². The molecule has 4 heteroatoms. The molecule has 0 saturated carbocycles. The van der Waals surface area contributed by atoms with Crippen LogP contribution >= 0.6 is 11.3 Å². The quantitative estimate of drug-likeness (QED) is 0.163. The van der Waals surface area contributed by atoms with Crippen molar-refractivity contribution in [1.29, 1.82) is 0 Å². The topological polar surface area (TPSA) is 29.3 Å². The third kappa shape index (κ3) is 5.95. The molecule has 0 amide bonds. The first-order chi connectivity index (χ1) is 28.2. The highest BCUT2D eigenvalue weighted by Crippen LogP contribution is 2.43. The summed E-state index contributed by atoms with van der Waals surface area (Å²) in [7, 11) is 0. The van der Waals surface area contributed by atoms with Crippen molar-refractivity contribution in [2.75, 3.05) is 4.90 Å².